The third-order valence-corrected chi connectivity index (χ3v) is 14.4. The fourth-order valence-electron chi connectivity index (χ4n) is 7.08. The summed E-state index contributed by atoms with van der Waals surface area (Å²) in [7, 11) is 0. The Labute approximate surface area is 378 Å². The van der Waals surface area contributed by atoms with Crippen LogP contribution in [0.4, 0.5) is 0 Å². The van der Waals surface area contributed by atoms with Gasteiger partial charge in [-0.05, 0) is 68.9 Å². The van der Waals surface area contributed by atoms with E-state index in [1.807, 2.05) is 81.4 Å². The number of hydrogen-bond donors (Lipinski definition) is 0. The van der Waals surface area contributed by atoms with Gasteiger partial charge in [0.05, 0.1) is 0 Å². The number of rotatable bonds is 9. The van der Waals surface area contributed by atoms with Crippen LogP contribution in [0.25, 0.3) is 55.9 Å². The molecule has 305 valence electrons. The molecule has 0 aliphatic rings. The number of pyridine rings is 2. The molecule has 0 N–H and O–H groups in total. The molecule has 0 fully saturated rings. The van der Waals surface area contributed by atoms with E-state index in [2.05, 4.69) is 134 Å². The van der Waals surface area contributed by atoms with Crippen LogP contribution in [-0.2, 0) is 26.5 Å². The molecule has 0 atom stereocenters. The SMILES string of the molecule is [2H]C([2H])([2H])c1cnc(-c2[c-]ccc(-c3ccccc3)c2)cc1-c1c(C(C)C)cc(-c2ccccc2)cc1C(C)C.[2H]C([2H])(c1ccc(-c2[c-]cc[c]([Ge]([CH3])([CH3])[CH3])c2)nc1)C(C)(C)C.[Ir]. The van der Waals surface area contributed by atoms with Crippen molar-refractivity contribution in [3.63, 3.8) is 0 Å². The van der Waals surface area contributed by atoms with Gasteiger partial charge in [0.1, 0.15) is 0 Å². The van der Waals surface area contributed by atoms with Crippen LogP contribution in [0, 0.1) is 24.4 Å². The van der Waals surface area contributed by atoms with Gasteiger partial charge in [-0.2, -0.15) is 0 Å². The summed E-state index contributed by atoms with van der Waals surface area (Å²) < 4.78 is 43.3. The monoisotopic (exact) mass is 1020 g/mol. The topological polar surface area (TPSA) is 25.8 Å². The minimum absolute atomic E-state index is 0. The van der Waals surface area contributed by atoms with Crippen molar-refractivity contribution in [3.8, 4) is 55.9 Å². The Balaban J connectivity index is 0.000000274. The minimum Gasteiger partial charge on any atom is 0 e. The summed E-state index contributed by atoms with van der Waals surface area (Å²) in [6, 6.07) is 49.7. The van der Waals surface area contributed by atoms with Crippen molar-refractivity contribution < 1.29 is 27.0 Å². The zero-order valence-corrected chi connectivity index (χ0v) is 40.7. The van der Waals surface area contributed by atoms with Gasteiger partial charge in [-0.3, -0.25) is 0 Å². The molecule has 4 heteroatoms. The molecule has 0 saturated carbocycles. The van der Waals surface area contributed by atoms with Gasteiger partial charge in [-0.15, -0.1) is 35.4 Å². The van der Waals surface area contributed by atoms with Gasteiger partial charge in [0.2, 0.25) is 0 Å². The Bertz CT molecular complexity index is 2620. The van der Waals surface area contributed by atoms with Crippen LogP contribution in [-0.4, -0.2) is 23.2 Å². The third-order valence-electron chi connectivity index (χ3n) is 10.1. The first kappa shape index (κ1) is 38.8. The molecule has 2 nitrogen and oxygen atoms in total. The average molecular weight is 1020 g/mol. The molecule has 1 radical (unpaired) electrons. The van der Waals surface area contributed by atoms with Gasteiger partial charge >= 0.3 is 135 Å². The van der Waals surface area contributed by atoms with Crippen molar-refractivity contribution in [2.45, 2.75) is 90.8 Å². The summed E-state index contributed by atoms with van der Waals surface area (Å²) in [4.78, 5) is 9.16. The average Bonchev–Trinajstić information content (AvgIpc) is 3.25. The molecule has 0 amide bonds. The molecule has 7 rings (SSSR count). The van der Waals surface area contributed by atoms with Gasteiger partial charge in [0.25, 0.3) is 0 Å². The van der Waals surface area contributed by atoms with E-state index in [9.17, 15) is 0 Å². The maximum Gasteiger partial charge on any atom is 0 e. The molecule has 5 aromatic carbocycles. The molecule has 0 saturated heterocycles. The molecular weight excluding hydrogens is 953 g/mol. The molecule has 2 aromatic heterocycles. The van der Waals surface area contributed by atoms with Gasteiger partial charge in [-0.25, -0.2) is 0 Å². The summed E-state index contributed by atoms with van der Waals surface area (Å²) in [5.74, 6) is 7.48. The van der Waals surface area contributed by atoms with Crippen molar-refractivity contribution >= 4 is 17.7 Å². The fraction of sp³-hybridized carbons (Fsp3) is 0.273. The molecule has 7 aromatic rings. The second-order valence-corrected chi connectivity index (χ2v) is 28.4. The first-order valence-electron chi connectivity index (χ1n) is 22.9. The number of nitrogens with zero attached hydrogens (tertiary/aromatic N) is 2. The molecule has 2 heterocycles. The molecule has 0 unspecified atom stereocenters. The fourth-order valence-corrected chi connectivity index (χ4v) is 9.52. The van der Waals surface area contributed by atoms with E-state index in [4.69, 9.17) is 6.85 Å². The normalized spacial score (nSPS) is 13.3. The van der Waals surface area contributed by atoms with Crippen molar-refractivity contribution in [3.05, 3.63) is 174 Å². The summed E-state index contributed by atoms with van der Waals surface area (Å²) in [6.45, 7) is 12.1. The van der Waals surface area contributed by atoms with E-state index in [0.717, 1.165) is 61.3 Å². The third kappa shape index (κ3) is 11.9. The maximum atomic E-state index is 8.40. The van der Waals surface area contributed by atoms with E-state index in [-0.39, 0.29) is 37.5 Å². The van der Waals surface area contributed by atoms with Gasteiger partial charge in [0, 0.05) is 30.4 Å². The van der Waals surface area contributed by atoms with Crippen LogP contribution in [0.2, 0.25) is 17.3 Å². The Morgan fingerprint density at radius 3 is 1.71 bits per heavy atom. The van der Waals surface area contributed by atoms with E-state index in [1.54, 1.807) is 12.4 Å². The zero-order valence-electron chi connectivity index (χ0n) is 41.2. The maximum absolute atomic E-state index is 8.40. The number of aryl methyl sites for hydroxylation is 1. The Kier molecular flexibility index (Phi) is 13.0. The van der Waals surface area contributed by atoms with Crippen LogP contribution < -0.4 is 4.40 Å². The Morgan fingerprint density at radius 2 is 1.19 bits per heavy atom. The summed E-state index contributed by atoms with van der Waals surface area (Å²) in [5.41, 5.74) is 12.3. The van der Waals surface area contributed by atoms with Crippen LogP contribution in [0.1, 0.15) is 89.4 Å². The molecule has 0 aliphatic heterocycles. The van der Waals surface area contributed by atoms with Crippen LogP contribution in [0.15, 0.2) is 140 Å². The van der Waals surface area contributed by atoms with Crippen molar-refractivity contribution in [1.82, 2.24) is 9.97 Å². The summed E-state index contributed by atoms with van der Waals surface area (Å²) >= 11 is -1.88. The standard InChI is InChI=1S/C36H34N.C19H26GeN.Ir/c1-24(2)32-20-31(28-15-10-7-11-16-28)21-33(25(3)4)36(32)34-22-35(37-23-26(34)5)30-18-12-17-29(19-30)27-13-8-6-9-14-27;1-19(2,3)13-15-10-11-18(21-14-15)16-8-7-9-17(12-16)20(4,5)6;/h6-17,19-25H,1-5H3;7,9-12,14H,13H2,1-6H3;/q2*-1;/i5D3;13D2;. The first-order chi connectivity index (χ1) is 29.6. The van der Waals surface area contributed by atoms with Crippen molar-refractivity contribution in [1.29, 1.82) is 0 Å². The quantitative estimate of drug-likeness (QED) is 0.106. The second kappa shape index (κ2) is 19.8. The van der Waals surface area contributed by atoms with E-state index < -0.39 is 31.9 Å². The predicted octanol–water partition coefficient (Wildman–Crippen LogP) is 14.8. The number of benzene rings is 5. The zero-order chi connectivity index (χ0) is 45.9. The Hall–Kier alpha value is -4.41. The predicted molar refractivity (Wildman–Crippen MR) is 252 cm³/mol. The van der Waals surface area contributed by atoms with Crippen molar-refractivity contribution in [2.75, 3.05) is 0 Å². The van der Waals surface area contributed by atoms with E-state index in [1.165, 1.54) is 4.40 Å². The summed E-state index contributed by atoms with van der Waals surface area (Å²) in [5, 5.41) is 0. The van der Waals surface area contributed by atoms with Gasteiger partial charge < -0.3 is 4.98 Å². The number of hydrogen-bond acceptors (Lipinski definition) is 2. The largest absolute Gasteiger partial charge is 0 e. The van der Waals surface area contributed by atoms with Crippen LogP contribution in [0.5, 0.6) is 0 Å². The molecule has 0 spiro atoms. The molecular formula is C55H60GeIrN2-2. The minimum atomic E-state index is -2.31. The van der Waals surface area contributed by atoms with Crippen molar-refractivity contribution in [2.24, 2.45) is 5.41 Å². The summed E-state index contributed by atoms with van der Waals surface area (Å²) in [6.07, 6.45) is 1.80. The van der Waals surface area contributed by atoms with E-state index >= 15 is 0 Å². The molecule has 59 heavy (non-hydrogen) atoms. The molecule has 0 aliphatic carbocycles. The van der Waals surface area contributed by atoms with E-state index in [0.29, 0.717) is 11.3 Å². The first-order valence-corrected chi connectivity index (χ1v) is 27.7. The van der Waals surface area contributed by atoms with Gasteiger partial charge in [-0.1, -0.05) is 107 Å². The Morgan fingerprint density at radius 1 is 0.627 bits per heavy atom. The van der Waals surface area contributed by atoms with Crippen LogP contribution in [0.3, 0.4) is 0 Å². The molecule has 0 bridgehead atoms. The van der Waals surface area contributed by atoms with Crippen LogP contribution >= 0.6 is 0 Å². The second-order valence-electron chi connectivity index (χ2n) is 17.7. The number of aromatic nitrogens is 2. The van der Waals surface area contributed by atoms with Gasteiger partial charge in [0.15, 0.2) is 0 Å². The smallest absolute Gasteiger partial charge is 0 e.